The minimum absolute atomic E-state index is 0.300. The molecule has 110 valence electrons. The van der Waals surface area contributed by atoms with Crippen LogP contribution in [0.25, 0.3) is 0 Å². The first-order valence-corrected chi connectivity index (χ1v) is 6.39. The second-order valence-corrected chi connectivity index (χ2v) is 4.71. The number of methoxy groups -OCH3 is 1. The Morgan fingerprint density at radius 3 is 2.62 bits per heavy atom. The van der Waals surface area contributed by atoms with E-state index in [0.29, 0.717) is 22.7 Å². The molecule has 21 heavy (non-hydrogen) atoms. The Morgan fingerprint density at radius 2 is 2.05 bits per heavy atom. The summed E-state index contributed by atoms with van der Waals surface area (Å²) in [6.45, 7) is 0. The normalized spacial score (nSPS) is 10.0. The lowest BCUT2D eigenvalue weighted by Crippen LogP contribution is -2.15. The van der Waals surface area contributed by atoms with Crippen molar-refractivity contribution in [1.29, 1.82) is 0 Å². The molecule has 6 nitrogen and oxygen atoms in total. The number of anilines is 3. The summed E-state index contributed by atoms with van der Waals surface area (Å²) in [6.07, 6.45) is 1.60. The first-order valence-electron chi connectivity index (χ1n) is 6.39. The van der Waals surface area contributed by atoms with Crippen LogP contribution >= 0.6 is 0 Å². The average Bonchev–Trinajstić information content (AvgIpc) is 2.48. The fraction of sp³-hybridized carbons (Fsp3) is 0.200. The van der Waals surface area contributed by atoms with Crippen LogP contribution in [0.4, 0.5) is 17.2 Å². The van der Waals surface area contributed by atoms with Crippen molar-refractivity contribution in [2.75, 3.05) is 37.2 Å². The van der Waals surface area contributed by atoms with Crippen LogP contribution in [0.1, 0.15) is 10.4 Å². The van der Waals surface area contributed by atoms with Gasteiger partial charge in [0.15, 0.2) is 0 Å². The Morgan fingerprint density at radius 1 is 1.29 bits per heavy atom. The van der Waals surface area contributed by atoms with Gasteiger partial charge >= 0.3 is 0 Å². The first kappa shape index (κ1) is 14.6. The third-order valence-electron chi connectivity index (χ3n) is 2.97. The smallest absolute Gasteiger partial charge is 0.257 e. The van der Waals surface area contributed by atoms with Gasteiger partial charge in [-0.25, -0.2) is 4.98 Å². The minimum Gasteiger partial charge on any atom is -0.497 e. The lowest BCUT2D eigenvalue weighted by molar-refractivity contribution is 0.102. The standard InChI is InChI=1S/C15H18N4O2/c1-19(2)14-7-4-10(9-17-14)18-15(20)12-8-11(21-3)5-6-13(12)16/h4-9H,16H2,1-3H3,(H,18,20). The van der Waals surface area contributed by atoms with Gasteiger partial charge in [-0.3, -0.25) is 4.79 Å². The van der Waals surface area contributed by atoms with Crippen LogP contribution in [0.15, 0.2) is 36.5 Å². The molecule has 1 aromatic heterocycles. The third kappa shape index (κ3) is 3.42. The Bertz CT molecular complexity index is 639. The molecule has 0 fully saturated rings. The molecule has 0 aliphatic carbocycles. The molecule has 0 saturated carbocycles. The maximum Gasteiger partial charge on any atom is 0.257 e. The number of nitrogens with zero attached hydrogens (tertiary/aromatic N) is 2. The molecule has 0 aliphatic heterocycles. The van der Waals surface area contributed by atoms with Crippen LogP contribution < -0.4 is 20.7 Å². The quantitative estimate of drug-likeness (QED) is 0.840. The van der Waals surface area contributed by atoms with E-state index in [4.69, 9.17) is 10.5 Å². The van der Waals surface area contributed by atoms with Gasteiger partial charge in [0, 0.05) is 19.8 Å². The number of nitrogens with two attached hydrogens (primary N) is 1. The van der Waals surface area contributed by atoms with Gasteiger partial charge in [0.05, 0.1) is 24.6 Å². The number of nitrogens with one attached hydrogen (secondary N) is 1. The lowest BCUT2D eigenvalue weighted by Gasteiger charge is -2.12. The van der Waals surface area contributed by atoms with Gasteiger partial charge in [0.25, 0.3) is 5.91 Å². The number of aromatic nitrogens is 1. The van der Waals surface area contributed by atoms with E-state index in [-0.39, 0.29) is 5.91 Å². The molecule has 1 heterocycles. The first-order chi connectivity index (χ1) is 10.0. The van der Waals surface area contributed by atoms with Crippen LogP contribution in [-0.4, -0.2) is 32.1 Å². The number of carbonyl (C=O) groups is 1. The molecule has 0 spiro atoms. The fourth-order valence-electron chi connectivity index (χ4n) is 1.78. The Kier molecular flexibility index (Phi) is 4.27. The highest BCUT2D eigenvalue weighted by molar-refractivity contribution is 6.07. The topological polar surface area (TPSA) is 80.5 Å². The second-order valence-electron chi connectivity index (χ2n) is 4.71. The van der Waals surface area contributed by atoms with Crippen molar-refractivity contribution >= 4 is 23.1 Å². The SMILES string of the molecule is COc1ccc(N)c(C(=O)Nc2ccc(N(C)C)nc2)c1. The molecule has 0 saturated heterocycles. The summed E-state index contributed by atoms with van der Waals surface area (Å²) in [6, 6.07) is 8.56. The zero-order chi connectivity index (χ0) is 15.4. The number of rotatable bonds is 4. The van der Waals surface area contributed by atoms with Gasteiger partial charge in [0.1, 0.15) is 11.6 Å². The fourth-order valence-corrected chi connectivity index (χ4v) is 1.78. The summed E-state index contributed by atoms with van der Waals surface area (Å²) in [5.74, 6) is 1.09. The zero-order valence-electron chi connectivity index (χ0n) is 12.3. The van der Waals surface area contributed by atoms with Crippen LogP contribution in [0.3, 0.4) is 0 Å². The molecule has 3 N–H and O–H groups in total. The van der Waals surface area contributed by atoms with Crippen LogP contribution in [0.2, 0.25) is 0 Å². The summed E-state index contributed by atoms with van der Waals surface area (Å²) < 4.78 is 5.10. The van der Waals surface area contributed by atoms with Crippen molar-refractivity contribution in [3.63, 3.8) is 0 Å². The summed E-state index contributed by atoms with van der Waals surface area (Å²) in [4.78, 5) is 18.4. The molecule has 1 aromatic carbocycles. The summed E-state index contributed by atoms with van der Waals surface area (Å²) >= 11 is 0. The van der Waals surface area contributed by atoms with Crippen molar-refractivity contribution in [3.05, 3.63) is 42.1 Å². The summed E-state index contributed by atoms with van der Waals surface area (Å²) in [5.41, 5.74) is 7.19. The zero-order valence-corrected chi connectivity index (χ0v) is 12.3. The summed E-state index contributed by atoms with van der Waals surface area (Å²) in [7, 11) is 5.34. The minimum atomic E-state index is -0.300. The molecule has 0 aliphatic rings. The largest absolute Gasteiger partial charge is 0.497 e. The van der Waals surface area contributed by atoms with E-state index in [1.54, 1.807) is 30.5 Å². The molecule has 2 rings (SSSR count). The lowest BCUT2D eigenvalue weighted by atomic mass is 10.1. The highest BCUT2D eigenvalue weighted by atomic mass is 16.5. The van der Waals surface area contributed by atoms with E-state index in [2.05, 4.69) is 10.3 Å². The highest BCUT2D eigenvalue weighted by Gasteiger charge is 2.11. The molecule has 0 bridgehead atoms. The number of nitrogen functional groups attached to an aromatic ring is 1. The number of ether oxygens (including phenoxy) is 1. The summed E-state index contributed by atoms with van der Waals surface area (Å²) in [5, 5.41) is 2.76. The molecule has 2 aromatic rings. The Balaban J connectivity index is 2.17. The average molecular weight is 286 g/mol. The van der Waals surface area contributed by atoms with E-state index < -0.39 is 0 Å². The molecular weight excluding hydrogens is 268 g/mol. The van der Waals surface area contributed by atoms with Gasteiger partial charge in [-0.05, 0) is 30.3 Å². The van der Waals surface area contributed by atoms with Gasteiger partial charge < -0.3 is 20.7 Å². The van der Waals surface area contributed by atoms with E-state index in [1.165, 1.54) is 7.11 Å². The predicted molar refractivity (Wildman–Crippen MR) is 83.9 cm³/mol. The van der Waals surface area contributed by atoms with Gasteiger partial charge in [0.2, 0.25) is 0 Å². The van der Waals surface area contributed by atoms with E-state index in [0.717, 1.165) is 5.82 Å². The molecule has 0 radical (unpaired) electrons. The maximum absolute atomic E-state index is 12.2. The van der Waals surface area contributed by atoms with Crippen LogP contribution in [0, 0.1) is 0 Å². The third-order valence-corrected chi connectivity index (χ3v) is 2.97. The predicted octanol–water partition coefficient (Wildman–Crippen LogP) is 1.99. The van der Waals surface area contributed by atoms with Crippen molar-refractivity contribution in [2.45, 2.75) is 0 Å². The van der Waals surface area contributed by atoms with Crippen molar-refractivity contribution in [3.8, 4) is 5.75 Å². The number of carbonyl (C=O) groups excluding carboxylic acids is 1. The maximum atomic E-state index is 12.2. The van der Waals surface area contributed by atoms with Gasteiger partial charge in [-0.15, -0.1) is 0 Å². The van der Waals surface area contributed by atoms with E-state index in [1.807, 2.05) is 25.1 Å². The second kappa shape index (κ2) is 6.13. The number of pyridine rings is 1. The van der Waals surface area contributed by atoms with Gasteiger partial charge in [-0.1, -0.05) is 0 Å². The molecule has 6 heteroatoms. The number of hydrogen-bond donors (Lipinski definition) is 2. The van der Waals surface area contributed by atoms with Crippen LogP contribution in [-0.2, 0) is 0 Å². The van der Waals surface area contributed by atoms with Crippen molar-refractivity contribution in [2.24, 2.45) is 0 Å². The molecular formula is C15H18N4O2. The highest BCUT2D eigenvalue weighted by Crippen LogP contribution is 2.21. The van der Waals surface area contributed by atoms with Crippen molar-refractivity contribution < 1.29 is 9.53 Å². The molecule has 0 unspecified atom stereocenters. The molecule has 0 atom stereocenters. The van der Waals surface area contributed by atoms with E-state index >= 15 is 0 Å². The number of amides is 1. The molecule has 1 amide bonds. The number of benzene rings is 1. The number of hydrogen-bond acceptors (Lipinski definition) is 5. The monoisotopic (exact) mass is 286 g/mol. The Hall–Kier alpha value is -2.76. The van der Waals surface area contributed by atoms with Gasteiger partial charge in [-0.2, -0.15) is 0 Å². The van der Waals surface area contributed by atoms with Crippen LogP contribution in [0.5, 0.6) is 5.75 Å². The van der Waals surface area contributed by atoms with E-state index in [9.17, 15) is 4.79 Å². The van der Waals surface area contributed by atoms with Crippen molar-refractivity contribution in [1.82, 2.24) is 4.98 Å². The Labute approximate surface area is 123 Å².